The van der Waals surface area contributed by atoms with Gasteiger partial charge in [-0.15, -0.1) is 0 Å². The molecule has 0 aliphatic rings. The van der Waals surface area contributed by atoms with Crippen LogP contribution in [0.15, 0.2) is 48.5 Å². The number of carbonyl (C=O) groups is 1. The van der Waals surface area contributed by atoms with Crippen LogP contribution in [0.25, 0.3) is 0 Å². The number of aliphatic hydroxyl groups is 1. The van der Waals surface area contributed by atoms with E-state index in [0.29, 0.717) is 17.3 Å². The minimum Gasteiger partial charge on any atom is -0.482 e. The van der Waals surface area contributed by atoms with Crippen LogP contribution in [-0.4, -0.2) is 64.9 Å². The first-order valence-corrected chi connectivity index (χ1v) is 8.42. The second-order valence-electron chi connectivity index (χ2n) is 5.91. The summed E-state index contributed by atoms with van der Waals surface area (Å²) in [6, 6.07) is 14.7. The Balaban J connectivity index is 0.00000338. The first-order chi connectivity index (χ1) is 11.9. The number of carboxylic acid groups (broad SMARTS) is 1. The molecular formula is C19H22ClNNaO4. The number of nitrogens with one attached hydrogen (secondary N) is 1. The van der Waals surface area contributed by atoms with Crippen molar-refractivity contribution in [2.24, 2.45) is 0 Å². The maximum absolute atomic E-state index is 10.5. The van der Waals surface area contributed by atoms with E-state index in [4.69, 9.17) is 21.4 Å². The summed E-state index contributed by atoms with van der Waals surface area (Å²) in [5, 5.41) is 22.7. The van der Waals surface area contributed by atoms with Gasteiger partial charge in [0.05, 0.1) is 6.10 Å². The van der Waals surface area contributed by atoms with Crippen molar-refractivity contribution >= 4 is 47.1 Å². The Morgan fingerprint density at radius 1 is 1.23 bits per heavy atom. The fourth-order valence-electron chi connectivity index (χ4n) is 2.44. The summed E-state index contributed by atoms with van der Waals surface area (Å²) in [5.41, 5.74) is 1.88. The second-order valence-corrected chi connectivity index (χ2v) is 6.35. The zero-order valence-electron chi connectivity index (χ0n) is 15.0. The average Bonchev–Trinajstić information content (AvgIpc) is 2.59. The Kier molecular flexibility index (Phi) is 10.2. The van der Waals surface area contributed by atoms with Crippen LogP contribution in [0.2, 0.25) is 5.02 Å². The summed E-state index contributed by atoms with van der Waals surface area (Å²) in [6.45, 7) is 2.12. The molecule has 135 valence electrons. The van der Waals surface area contributed by atoms with E-state index in [9.17, 15) is 9.90 Å². The predicted octanol–water partition coefficient (Wildman–Crippen LogP) is 2.68. The van der Waals surface area contributed by atoms with Crippen LogP contribution < -0.4 is 10.1 Å². The Morgan fingerprint density at radius 2 is 1.92 bits per heavy atom. The van der Waals surface area contributed by atoms with E-state index in [1.807, 2.05) is 31.2 Å². The molecule has 3 N–H and O–H groups in total. The molecule has 0 heterocycles. The van der Waals surface area contributed by atoms with Crippen molar-refractivity contribution in [3.63, 3.8) is 0 Å². The zero-order chi connectivity index (χ0) is 18.2. The fraction of sp³-hybridized carbons (Fsp3) is 0.316. The molecule has 26 heavy (non-hydrogen) atoms. The van der Waals surface area contributed by atoms with Crippen LogP contribution in [0, 0.1) is 0 Å². The van der Waals surface area contributed by atoms with Gasteiger partial charge in [0.2, 0.25) is 0 Å². The van der Waals surface area contributed by atoms with E-state index in [-0.39, 0.29) is 42.2 Å². The first kappa shape index (κ1) is 23.0. The molecule has 0 saturated carbocycles. The molecule has 2 aromatic rings. The average molecular weight is 387 g/mol. The van der Waals surface area contributed by atoms with E-state index >= 15 is 0 Å². The van der Waals surface area contributed by atoms with Gasteiger partial charge in [-0.2, -0.15) is 0 Å². The molecule has 0 bridgehead atoms. The Bertz CT molecular complexity index is 696. The molecule has 0 saturated heterocycles. The largest absolute Gasteiger partial charge is 0.482 e. The molecule has 0 unspecified atom stereocenters. The number of hydrogen-bond donors (Lipinski definition) is 3. The Morgan fingerprint density at radius 3 is 2.54 bits per heavy atom. The second kappa shape index (κ2) is 11.6. The van der Waals surface area contributed by atoms with Gasteiger partial charge < -0.3 is 20.3 Å². The van der Waals surface area contributed by atoms with Gasteiger partial charge >= 0.3 is 5.97 Å². The van der Waals surface area contributed by atoms with Crippen LogP contribution in [0.5, 0.6) is 5.75 Å². The third-order valence-electron chi connectivity index (χ3n) is 3.72. The van der Waals surface area contributed by atoms with Crippen LogP contribution in [0.4, 0.5) is 0 Å². The number of ether oxygens (including phenoxy) is 1. The fourth-order valence-corrected chi connectivity index (χ4v) is 2.64. The van der Waals surface area contributed by atoms with E-state index in [2.05, 4.69) is 5.32 Å². The minimum absolute atomic E-state index is 0. The summed E-state index contributed by atoms with van der Waals surface area (Å²) >= 11 is 5.94. The number of aliphatic hydroxyl groups excluding tert-OH is 1. The molecule has 2 atom stereocenters. The summed E-state index contributed by atoms with van der Waals surface area (Å²) < 4.78 is 5.11. The van der Waals surface area contributed by atoms with Gasteiger partial charge in [0, 0.05) is 47.2 Å². The molecule has 0 spiro atoms. The van der Waals surface area contributed by atoms with Gasteiger partial charge in [-0.3, -0.25) is 0 Å². The van der Waals surface area contributed by atoms with Crippen molar-refractivity contribution in [1.82, 2.24) is 5.32 Å². The van der Waals surface area contributed by atoms with Crippen molar-refractivity contribution < 1.29 is 19.7 Å². The third kappa shape index (κ3) is 8.08. The van der Waals surface area contributed by atoms with Crippen LogP contribution in [0.3, 0.4) is 0 Å². The maximum atomic E-state index is 10.5. The number of aliphatic carboxylic acids is 1. The van der Waals surface area contributed by atoms with E-state index in [0.717, 1.165) is 17.5 Å². The minimum atomic E-state index is -1.000. The summed E-state index contributed by atoms with van der Waals surface area (Å²) in [7, 11) is 0. The predicted molar refractivity (Wildman–Crippen MR) is 103 cm³/mol. The van der Waals surface area contributed by atoms with Crippen molar-refractivity contribution in [2.45, 2.75) is 25.5 Å². The molecule has 0 aliphatic heterocycles. The van der Waals surface area contributed by atoms with Gasteiger partial charge in [-0.05, 0) is 48.7 Å². The number of halogens is 1. The van der Waals surface area contributed by atoms with Gasteiger partial charge in [-0.1, -0.05) is 35.9 Å². The van der Waals surface area contributed by atoms with Crippen molar-refractivity contribution in [1.29, 1.82) is 0 Å². The molecule has 0 aliphatic carbocycles. The molecule has 0 aromatic heterocycles. The molecular weight excluding hydrogens is 365 g/mol. The number of benzene rings is 2. The van der Waals surface area contributed by atoms with Gasteiger partial charge in [0.15, 0.2) is 6.61 Å². The SMILES string of the molecule is C[C@@H](Cc1ccc(OCC(=O)O)cc1)NC[C@@H](O)c1cccc(Cl)c1.[Na]. The summed E-state index contributed by atoms with van der Waals surface area (Å²) in [6.07, 6.45) is 0.162. The van der Waals surface area contributed by atoms with E-state index in [1.54, 1.807) is 24.3 Å². The third-order valence-corrected chi connectivity index (χ3v) is 3.96. The molecule has 1 radical (unpaired) electrons. The zero-order valence-corrected chi connectivity index (χ0v) is 17.7. The first-order valence-electron chi connectivity index (χ1n) is 8.04. The van der Waals surface area contributed by atoms with Gasteiger partial charge in [0.1, 0.15) is 5.75 Å². The molecule has 0 amide bonds. The van der Waals surface area contributed by atoms with Crippen LogP contribution in [0.1, 0.15) is 24.2 Å². The van der Waals surface area contributed by atoms with E-state index in [1.165, 1.54) is 0 Å². The normalized spacial score (nSPS) is 12.7. The summed E-state index contributed by atoms with van der Waals surface area (Å²) in [5.74, 6) is -0.469. The smallest absolute Gasteiger partial charge is 0.341 e. The van der Waals surface area contributed by atoms with E-state index < -0.39 is 12.1 Å². The Hall–Kier alpha value is -1.08. The molecule has 0 fully saturated rings. The topological polar surface area (TPSA) is 78.8 Å². The van der Waals surface area contributed by atoms with Crippen molar-refractivity contribution in [3.8, 4) is 5.75 Å². The van der Waals surface area contributed by atoms with Gasteiger partial charge in [-0.25, -0.2) is 4.79 Å². The maximum Gasteiger partial charge on any atom is 0.341 e. The molecule has 2 aromatic carbocycles. The quantitative estimate of drug-likeness (QED) is 0.577. The van der Waals surface area contributed by atoms with Crippen molar-refractivity contribution in [2.75, 3.05) is 13.2 Å². The number of carboxylic acids is 1. The van der Waals surface area contributed by atoms with Crippen LogP contribution >= 0.6 is 11.6 Å². The van der Waals surface area contributed by atoms with Gasteiger partial charge in [0.25, 0.3) is 0 Å². The van der Waals surface area contributed by atoms with Crippen molar-refractivity contribution in [3.05, 3.63) is 64.7 Å². The summed E-state index contributed by atoms with van der Waals surface area (Å²) in [4.78, 5) is 10.5. The standard InChI is InChI=1S/C19H22ClNO4.Na/c1-13(21-11-18(22)15-3-2-4-16(20)10-15)9-14-5-7-17(8-6-14)25-12-19(23)24;/h2-8,10,13,18,21-22H,9,11-12H2,1H3,(H,23,24);/t13-,18+;/m0./s1. The molecule has 7 heteroatoms. The number of hydrogen-bond acceptors (Lipinski definition) is 4. The Labute approximate surface area is 180 Å². The monoisotopic (exact) mass is 386 g/mol. The molecule has 5 nitrogen and oxygen atoms in total. The molecule has 2 rings (SSSR count). The van der Waals surface area contributed by atoms with Crippen LogP contribution in [-0.2, 0) is 11.2 Å². The number of rotatable bonds is 9.